The van der Waals surface area contributed by atoms with Crippen LogP contribution in [-0.2, 0) is 26.2 Å². The number of anilines is 1. The molecule has 0 aliphatic rings. The molecule has 0 bridgehead atoms. The minimum Gasteiger partial charge on any atom is -0.352 e. The van der Waals surface area contributed by atoms with Gasteiger partial charge in [0.1, 0.15) is 12.6 Å². The SMILES string of the molecule is CC[C@@H](C)NC(=O)[C@@H](C)N(Cc1ccccc1Cl)C(=O)CN(c1cc(Cl)cc(Cl)c1)S(=O)(=O)c1ccc(C)cc1. The first-order valence-corrected chi connectivity index (χ1v) is 15.3. The third-order valence-electron chi connectivity index (χ3n) is 6.49. The summed E-state index contributed by atoms with van der Waals surface area (Å²) >= 11 is 18.8. The molecule has 0 fully saturated rings. The fourth-order valence-corrected chi connectivity index (χ4v) is 6.02. The number of hydrogen-bond acceptors (Lipinski definition) is 4. The molecule has 3 aromatic carbocycles. The highest BCUT2D eigenvalue weighted by atomic mass is 35.5. The van der Waals surface area contributed by atoms with Gasteiger partial charge < -0.3 is 10.2 Å². The average Bonchev–Trinajstić information content (AvgIpc) is 2.90. The maximum atomic E-state index is 14.0. The van der Waals surface area contributed by atoms with Crippen molar-refractivity contribution in [1.82, 2.24) is 10.2 Å². The van der Waals surface area contributed by atoms with Gasteiger partial charge in [0.2, 0.25) is 11.8 Å². The van der Waals surface area contributed by atoms with Gasteiger partial charge in [0.15, 0.2) is 0 Å². The van der Waals surface area contributed by atoms with Gasteiger partial charge in [0, 0.05) is 27.7 Å². The normalized spacial score (nSPS) is 12.9. The summed E-state index contributed by atoms with van der Waals surface area (Å²) in [5.41, 5.74) is 1.60. The summed E-state index contributed by atoms with van der Waals surface area (Å²) in [7, 11) is -4.24. The fraction of sp³-hybridized carbons (Fsp3) is 0.310. The summed E-state index contributed by atoms with van der Waals surface area (Å²) < 4.78 is 28.7. The second kappa shape index (κ2) is 13.7. The highest BCUT2D eigenvalue weighted by molar-refractivity contribution is 7.92. The van der Waals surface area contributed by atoms with Crippen molar-refractivity contribution in [3.05, 3.63) is 92.9 Å². The van der Waals surface area contributed by atoms with E-state index in [-0.39, 0.29) is 39.1 Å². The van der Waals surface area contributed by atoms with Crippen molar-refractivity contribution in [2.24, 2.45) is 0 Å². The molecule has 0 heterocycles. The first kappa shape index (κ1) is 31.7. The Morgan fingerprint density at radius 1 is 0.925 bits per heavy atom. The number of aryl methyl sites for hydroxylation is 1. The number of halogens is 3. The van der Waals surface area contributed by atoms with Gasteiger partial charge in [0.05, 0.1) is 10.6 Å². The summed E-state index contributed by atoms with van der Waals surface area (Å²) in [6, 6.07) is 16.5. The molecule has 3 rings (SSSR count). The van der Waals surface area contributed by atoms with E-state index in [1.165, 1.54) is 35.2 Å². The van der Waals surface area contributed by atoms with Crippen molar-refractivity contribution in [2.45, 2.75) is 57.6 Å². The first-order valence-electron chi connectivity index (χ1n) is 12.7. The number of nitrogens with one attached hydrogen (secondary N) is 1. The summed E-state index contributed by atoms with van der Waals surface area (Å²) in [6.45, 7) is 6.62. The van der Waals surface area contributed by atoms with Gasteiger partial charge in [-0.3, -0.25) is 13.9 Å². The highest BCUT2D eigenvalue weighted by Gasteiger charge is 2.33. The van der Waals surface area contributed by atoms with Crippen LogP contribution >= 0.6 is 34.8 Å². The topological polar surface area (TPSA) is 86.8 Å². The first-order chi connectivity index (χ1) is 18.8. The molecule has 2 amide bonds. The molecular formula is C29H32Cl3N3O4S. The Morgan fingerprint density at radius 3 is 2.10 bits per heavy atom. The van der Waals surface area contributed by atoms with Crippen molar-refractivity contribution < 1.29 is 18.0 Å². The molecule has 7 nitrogen and oxygen atoms in total. The van der Waals surface area contributed by atoms with Crippen LogP contribution in [0.25, 0.3) is 0 Å². The molecule has 0 radical (unpaired) electrons. The molecule has 0 unspecified atom stereocenters. The molecule has 0 aromatic heterocycles. The molecule has 2 atom stereocenters. The van der Waals surface area contributed by atoms with Crippen LogP contribution in [0.5, 0.6) is 0 Å². The maximum absolute atomic E-state index is 14.0. The molecule has 1 N–H and O–H groups in total. The van der Waals surface area contributed by atoms with Crippen LogP contribution in [0, 0.1) is 6.92 Å². The monoisotopic (exact) mass is 623 g/mol. The zero-order chi connectivity index (χ0) is 29.6. The molecule has 0 spiro atoms. The highest BCUT2D eigenvalue weighted by Crippen LogP contribution is 2.30. The molecule has 0 aliphatic heterocycles. The largest absolute Gasteiger partial charge is 0.352 e. The zero-order valence-corrected chi connectivity index (χ0v) is 25.8. The van der Waals surface area contributed by atoms with Crippen molar-refractivity contribution in [2.75, 3.05) is 10.8 Å². The zero-order valence-electron chi connectivity index (χ0n) is 22.7. The van der Waals surface area contributed by atoms with Gasteiger partial charge in [-0.15, -0.1) is 0 Å². The van der Waals surface area contributed by atoms with Crippen molar-refractivity contribution in [3.63, 3.8) is 0 Å². The van der Waals surface area contributed by atoms with Crippen molar-refractivity contribution in [1.29, 1.82) is 0 Å². The molecule has 0 saturated heterocycles. The number of rotatable bonds is 11. The summed E-state index contributed by atoms with van der Waals surface area (Å²) in [5, 5.41) is 3.72. The Labute approximate surface area is 251 Å². The van der Waals surface area contributed by atoms with Gasteiger partial charge >= 0.3 is 0 Å². The lowest BCUT2D eigenvalue weighted by Crippen LogP contribution is -2.52. The van der Waals surface area contributed by atoms with E-state index in [0.29, 0.717) is 17.0 Å². The standard InChI is InChI=1S/C29H32Cl3N3O4S/c1-5-20(3)33-29(37)21(4)34(17-22-8-6-7-9-27(22)32)28(36)18-35(25-15-23(30)14-24(31)16-25)40(38,39)26-12-10-19(2)11-13-26/h6-16,20-21H,5,17-18H2,1-4H3,(H,33,37)/t20-,21-/m1/s1. The van der Waals surface area contributed by atoms with Crippen molar-refractivity contribution in [3.8, 4) is 0 Å². The number of carbonyl (C=O) groups is 2. The van der Waals surface area contributed by atoms with Gasteiger partial charge in [-0.05, 0) is 69.2 Å². The number of nitrogens with zero attached hydrogens (tertiary/aromatic N) is 2. The van der Waals surface area contributed by atoms with Crippen LogP contribution in [0.1, 0.15) is 38.3 Å². The van der Waals surface area contributed by atoms with Crippen molar-refractivity contribution >= 4 is 62.3 Å². The minimum absolute atomic E-state index is 0.0116. The summed E-state index contributed by atoms with van der Waals surface area (Å²) in [6.07, 6.45) is 0.703. The van der Waals surface area contributed by atoms with E-state index in [1.807, 2.05) is 20.8 Å². The Morgan fingerprint density at radius 2 is 1.52 bits per heavy atom. The average molecular weight is 625 g/mol. The van der Waals surface area contributed by atoms with E-state index in [0.717, 1.165) is 9.87 Å². The van der Waals surface area contributed by atoms with E-state index < -0.39 is 28.5 Å². The second-order valence-electron chi connectivity index (χ2n) is 9.56. The number of sulfonamides is 1. The van der Waals surface area contributed by atoms with Crippen LogP contribution in [-0.4, -0.2) is 43.8 Å². The number of carbonyl (C=O) groups excluding carboxylic acids is 2. The Balaban J connectivity index is 2.07. The van der Waals surface area contributed by atoms with Crippen LogP contribution in [0.2, 0.25) is 15.1 Å². The maximum Gasteiger partial charge on any atom is 0.264 e. The smallest absolute Gasteiger partial charge is 0.264 e. The van der Waals surface area contributed by atoms with Gasteiger partial charge in [0.25, 0.3) is 10.0 Å². The third kappa shape index (κ3) is 7.91. The lowest BCUT2D eigenvalue weighted by molar-refractivity contribution is -0.139. The predicted octanol–water partition coefficient (Wildman–Crippen LogP) is 6.48. The molecule has 11 heteroatoms. The summed E-state index contributed by atoms with van der Waals surface area (Å²) in [4.78, 5) is 28.4. The third-order valence-corrected chi connectivity index (χ3v) is 9.08. The lowest BCUT2D eigenvalue weighted by atomic mass is 10.1. The molecule has 214 valence electrons. The number of hydrogen-bond donors (Lipinski definition) is 1. The van der Waals surface area contributed by atoms with Gasteiger partial charge in [-0.1, -0.05) is 77.6 Å². The molecule has 3 aromatic rings. The molecule has 0 saturated carbocycles. The second-order valence-corrected chi connectivity index (χ2v) is 12.7. The Bertz CT molecular complexity index is 1450. The Kier molecular flexibility index (Phi) is 10.9. The molecule has 40 heavy (non-hydrogen) atoms. The fourth-order valence-electron chi connectivity index (χ4n) is 3.91. The van der Waals surface area contributed by atoms with E-state index in [1.54, 1.807) is 43.3 Å². The van der Waals surface area contributed by atoms with E-state index in [4.69, 9.17) is 34.8 Å². The van der Waals surface area contributed by atoms with E-state index in [9.17, 15) is 18.0 Å². The predicted molar refractivity (Wildman–Crippen MR) is 162 cm³/mol. The van der Waals surface area contributed by atoms with Gasteiger partial charge in [-0.2, -0.15) is 0 Å². The lowest BCUT2D eigenvalue weighted by Gasteiger charge is -2.32. The summed E-state index contributed by atoms with van der Waals surface area (Å²) in [5.74, 6) is -0.980. The number of benzene rings is 3. The van der Waals surface area contributed by atoms with E-state index >= 15 is 0 Å². The number of amides is 2. The quantitative estimate of drug-likeness (QED) is 0.265. The van der Waals surface area contributed by atoms with Crippen LogP contribution < -0.4 is 9.62 Å². The molecular weight excluding hydrogens is 593 g/mol. The minimum atomic E-state index is -4.24. The molecule has 0 aliphatic carbocycles. The Hall–Kier alpha value is -2.78. The van der Waals surface area contributed by atoms with Crippen LogP contribution in [0.3, 0.4) is 0 Å². The van der Waals surface area contributed by atoms with E-state index in [2.05, 4.69) is 5.32 Å². The van der Waals surface area contributed by atoms with Crippen LogP contribution in [0.15, 0.2) is 71.6 Å². The van der Waals surface area contributed by atoms with Gasteiger partial charge in [-0.25, -0.2) is 8.42 Å². The van der Waals surface area contributed by atoms with Crippen LogP contribution in [0.4, 0.5) is 5.69 Å².